The number of thioether (sulfide) groups is 1. The quantitative estimate of drug-likeness (QED) is 0.532. The van der Waals surface area contributed by atoms with Gasteiger partial charge in [-0.25, -0.2) is 4.79 Å². The number of hydrogen-bond donors (Lipinski definition) is 2. The minimum absolute atomic E-state index is 0.0899. The Morgan fingerprint density at radius 2 is 2.29 bits per heavy atom. The highest BCUT2D eigenvalue weighted by atomic mass is 32.2. The average Bonchev–Trinajstić information content (AvgIpc) is 3.26. The van der Waals surface area contributed by atoms with Gasteiger partial charge in [0.15, 0.2) is 11.0 Å². The molecule has 1 atom stereocenters. The number of thiophene rings is 1. The molecule has 7 nitrogen and oxygen atoms in total. The maximum Gasteiger partial charge on any atom is 0.321 e. The molecule has 0 radical (unpaired) electrons. The van der Waals surface area contributed by atoms with Crippen LogP contribution in [0.1, 0.15) is 30.2 Å². The third-order valence-corrected chi connectivity index (χ3v) is 7.06. The topological polar surface area (TPSA) is 88.9 Å². The van der Waals surface area contributed by atoms with Gasteiger partial charge in [0.2, 0.25) is 5.91 Å². The van der Waals surface area contributed by atoms with Crippen LogP contribution in [-0.4, -0.2) is 39.0 Å². The van der Waals surface area contributed by atoms with Crippen molar-refractivity contribution in [2.24, 2.45) is 13.0 Å². The molecule has 0 saturated carbocycles. The lowest BCUT2D eigenvalue weighted by Gasteiger charge is -2.19. The predicted molar refractivity (Wildman–Crippen MR) is 113 cm³/mol. The minimum Gasteiger partial charge on any atom is -0.334 e. The molecule has 3 amide bonds. The van der Waals surface area contributed by atoms with Crippen molar-refractivity contribution in [2.75, 3.05) is 12.3 Å². The number of urea groups is 1. The molecule has 0 bridgehead atoms. The summed E-state index contributed by atoms with van der Waals surface area (Å²) in [7, 11) is 1.90. The molecule has 1 aliphatic rings. The van der Waals surface area contributed by atoms with Crippen molar-refractivity contribution >= 4 is 35.0 Å². The normalized spacial score (nSPS) is 15.7. The van der Waals surface area contributed by atoms with Gasteiger partial charge in [0, 0.05) is 18.5 Å². The molecule has 0 saturated heterocycles. The van der Waals surface area contributed by atoms with Gasteiger partial charge in [-0.15, -0.1) is 28.1 Å². The van der Waals surface area contributed by atoms with Crippen molar-refractivity contribution in [3.05, 3.63) is 29.2 Å². The molecule has 28 heavy (non-hydrogen) atoms. The monoisotopic (exact) mass is 419 g/mol. The summed E-state index contributed by atoms with van der Waals surface area (Å²) >= 11 is 3.05. The molecule has 0 fully saturated rings. The second-order valence-electron chi connectivity index (χ2n) is 6.78. The lowest BCUT2D eigenvalue weighted by atomic mass is 9.87. The number of rotatable bonds is 7. The molecule has 2 heterocycles. The lowest BCUT2D eigenvalue weighted by molar-refractivity contribution is -0.117. The van der Waals surface area contributed by atoms with E-state index in [0.717, 1.165) is 29.5 Å². The summed E-state index contributed by atoms with van der Waals surface area (Å²) in [5.41, 5.74) is 1.44. The fourth-order valence-corrected chi connectivity index (χ4v) is 5.15. The average molecular weight is 420 g/mol. The molecule has 150 valence electrons. The van der Waals surface area contributed by atoms with Gasteiger partial charge in [-0.3, -0.25) is 10.1 Å². The predicted octanol–water partition coefficient (Wildman–Crippen LogP) is 3.16. The van der Waals surface area contributed by atoms with Gasteiger partial charge >= 0.3 is 6.03 Å². The maximum atomic E-state index is 11.9. The first-order chi connectivity index (χ1) is 13.5. The van der Waals surface area contributed by atoms with Gasteiger partial charge < -0.3 is 9.88 Å². The van der Waals surface area contributed by atoms with Crippen LogP contribution in [-0.2, 0) is 24.7 Å². The summed E-state index contributed by atoms with van der Waals surface area (Å²) in [5.74, 6) is 1.31. The number of nitrogens with one attached hydrogen (secondary N) is 2. The van der Waals surface area contributed by atoms with Crippen molar-refractivity contribution in [3.63, 3.8) is 0 Å². The Balaban J connectivity index is 1.62. The van der Waals surface area contributed by atoms with Gasteiger partial charge in [0.25, 0.3) is 0 Å². The fourth-order valence-electron chi connectivity index (χ4n) is 3.21. The second-order valence-corrected chi connectivity index (χ2v) is 8.86. The first kappa shape index (κ1) is 20.6. The second kappa shape index (κ2) is 9.38. The van der Waals surface area contributed by atoms with Crippen LogP contribution in [0.25, 0.3) is 10.7 Å². The van der Waals surface area contributed by atoms with E-state index in [4.69, 9.17) is 0 Å². The summed E-state index contributed by atoms with van der Waals surface area (Å²) in [6.07, 6.45) is 6.33. The molecule has 1 aliphatic carbocycles. The van der Waals surface area contributed by atoms with Crippen LogP contribution in [0.2, 0.25) is 0 Å². The molecule has 2 aromatic rings. The number of aromatic nitrogens is 3. The number of fused-ring (bicyclic) bond motifs is 1. The summed E-state index contributed by atoms with van der Waals surface area (Å²) < 4.78 is 1.91. The Kier molecular flexibility index (Phi) is 6.90. The van der Waals surface area contributed by atoms with Crippen LogP contribution in [0.3, 0.4) is 0 Å². The largest absolute Gasteiger partial charge is 0.334 e. The zero-order chi connectivity index (χ0) is 20.1. The van der Waals surface area contributed by atoms with Gasteiger partial charge in [-0.2, -0.15) is 0 Å². The standard InChI is InChI=1S/C19H25N5O2S2/c1-4-8-20-18(26)21-16(25)11-27-19-23-22-17(24(19)3)15-10-13-9-12(5-2)6-7-14(13)28-15/h4,10,12H,1,5-9,11H2,2-3H3,(H2,20,21,25,26)/t12-/m1/s1. The van der Waals surface area contributed by atoms with Gasteiger partial charge in [-0.05, 0) is 36.8 Å². The number of carbonyl (C=O) groups excluding carboxylic acids is 2. The van der Waals surface area contributed by atoms with E-state index in [9.17, 15) is 9.59 Å². The summed E-state index contributed by atoms with van der Waals surface area (Å²) in [5, 5.41) is 14.0. The number of imide groups is 1. The molecular formula is C19H25N5O2S2. The fraction of sp³-hybridized carbons (Fsp3) is 0.474. The summed E-state index contributed by atoms with van der Waals surface area (Å²) in [4.78, 5) is 26.0. The van der Waals surface area contributed by atoms with Crippen LogP contribution in [0.15, 0.2) is 23.9 Å². The van der Waals surface area contributed by atoms with Crippen LogP contribution < -0.4 is 10.6 Å². The zero-order valence-corrected chi connectivity index (χ0v) is 17.8. The Labute approximate surface area is 173 Å². The number of amides is 3. The molecule has 0 aliphatic heterocycles. The Hall–Kier alpha value is -2.13. The van der Waals surface area contributed by atoms with Gasteiger partial charge in [0.1, 0.15) is 0 Å². The Morgan fingerprint density at radius 3 is 3.04 bits per heavy atom. The molecule has 2 N–H and O–H groups in total. The third-order valence-electron chi connectivity index (χ3n) is 4.81. The Morgan fingerprint density at radius 1 is 1.46 bits per heavy atom. The molecule has 0 aromatic carbocycles. The van der Waals surface area contributed by atoms with Gasteiger partial charge in [-0.1, -0.05) is 31.2 Å². The van der Waals surface area contributed by atoms with E-state index in [1.54, 1.807) is 17.4 Å². The number of aryl methyl sites for hydroxylation is 1. The molecular weight excluding hydrogens is 394 g/mol. The Bertz CT molecular complexity index is 874. The van der Waals surface area contributed by atoms with E-state index in [1.807, 2.05) is 11.6 Å². The molecule has 2 aromatic heterocycles. The molecule has 0 spiro atoms. The first-order valence-corrected chi connectivity index (χ1v) is 11.1. The van der Waals surface area contributed by atoms with Crippen LogP contribution >= 0.6 is 23.1 Å². The minimum atomic E-state index is -0.529. The van der Waals surface area contributed by atoms with Crippen LogP contribution in [0, 0.1) is 5.92 Å². The van der Waals surface area contributed by atoms with E-state index in [-0.39, 0.29) is 11.7 Å². The number of hydrogen-bond acceptors (Lipinski definition) is 6. The zero-order valence-electron chi connectivity index (χ0n) is 16.2. The van der Waals surface area contributed by atoms with E-state index in [2.05, 4.69) is 40.4 Å². The van der Waals surface area contributed by atoms with Crippen molar-refractivity contribution in [1.29, 1.82) is 0 Å². The molecule has 9 heteroatoms. The third kappa shape index (κ3) is 4.82. The van der Waals surface area contributed by atoms with Crippen LogP contribution in [0.4, 0.5) is 4.79 Å². The smallest absolute Gasteiger partial charge is 0.321 e. The lowest BCUT2D eigenvalue weighted by Crippen LogP contribution is -2.40. The van der Waals surface area contributed by atoms with Crippen molar-refractivity contribution in [3.8, 4) is 10.7 Å². The molecule has 3 rings (SSSR count). The number of nitrogens with zero attached hydrogens (tertiary/aromatic N) is 3. The van der Waals surface area contributed by atoms with E-state index in [1.165, 1.54) is 35.0 Å². The summed E-state index contributed by atoms with van der Waals surface area (Å²) in [6, 6.07) is 1.72. The SMILES string of the molecule is C=CCNC(=O)NC(=O)CSc1nnc(-c2cc3c(s2)CC[C@@H](CC)C3)n1C. The van der Waals surface area contributed by atoms with Crippen LogP contribution in [0.5, 0.6) is 0 Å². The van der Waals surface area contributed by atoms with Crippen molar-refractivity contribution < 1.29 is 9.59 Å². The van der Waals surface area contributed by atoms with E-state index in [0.29, 0.717) is 11.7 Å². The highest BCUT2D eigenvalue weighted by Gasteiger charge is 2.22. The number of carbonyl (C=O) groups is 2. The van der Waals surface area contributed by atoms with E-state index < -0.39 is 6.03 Å². The highest BCUT2D eigenvalue weighted by molar-refractivity contribution is 7.99. The molecule has 0 unspecified atom stereocenters. The maximum absolute atomic E-state index is 11.9. The van der Waals surface area contributed by atoms with Crippen molar-refractivity contribution in [2.45, 2.75) is 37.8 Å². The first-order valence-electron chi connectivity index (χ1n) is 9.34. The summed E-state index contributed by atoms with van der Waals surface area (Å²) in [6.45, 7) is 6.07. The van der Waals surface area contributed by atoms with E-state index >= 15 is 0 Å². The highest BCUT2D eigenvalue weighted by Crippen LogP contribution is 2.37. The van der Waals surface area contributed by atoms with Gasteiger partial charge in [0.05, 0.1) is 10.6 Å². The van der Waals surface area contributed by atoms with Crippen molar-refractivity contribution in [1.82, 2.24) is 25.4 Å².